The number of carbonyl (C=O) groups excluding carboxylic acids is 2. The fourth-order valence-corrected chi connectivity index (χ4v) is 8.33. The predicted octanol–water partition coefficient (Wildman–Crippen LogP) is 7.20. The fraction of sp³-hybridized carbons (Fsp3) is 0.793. The summed E-state index contributed by atoms with van der Waals surface area (Å²) in [5, 5.41) is 0. The van der Waals surface area contributed by atoms with Gasteiger partial charge in [0.25, 0.3) is 0 Å². The molecule has 0 aromatic rings. The van der Waals surface area contributed by atoms with E-state index in [4.69, 9.17) is 4.74 Å². The first kappa shape index (κ1) is 23.8. The molecule has 7 atom stereocenters. The van der Waals surface area contributed by atoms with Crippen LogP contribution < -0.4 is 0 Å². The molecule has 0 heterocycles. The van der Waals surface area contributed by atoms with Crippen LogP contribution in [0.5, 0.6) is 0 Å². The van der Waals surface area contributed by atoms with Gasteiger partial charge in [-0.2, -0.15) is 0 Å². The zero-order valence-electron chi connectivity index (χ0n) is 21.3. The number of ether oxygens (including phenoxy) is 1. The van der Waals surface area contributed by atoms with Gasteiger partial charge in [-0.1, -0.05) is 38.0 Å². The van der Waals surface area contributed by atoms with E-state index in [0.29, 0.717) is 29.5 Å². The van der Waals surface area contributed by atoms with E-state index in [9.17, 15) is 9.59 Å². The van der Waals surface area contributed by atoms with E-state index >= 15 is 0 Å². The number of esters is 1. The summed E-state index contributed by atoms with van der Waals surface area (Å²) in [4.78, 5) is 25.0. The minimum atomic E-state index is -0.146. The number of rotatable bonds is 5. The zero-order chi connectivity index (χ0) is 23.3. The van der Waals surface area contributed by atoms with Crippen LogP contribution in [0, 0.1) is 34.5 Å². The second-order valence-corrected chi connectivity index (χ2v) is 12.2. The summed E-state index contributed by atoms with van der Waals surface area (Å²) in [5.74, 6) is 2.55. The normalized spacial score (nSPS) is 39.6. The molecular formula is C29H44O3. The first-order chi connectivity index (χ1) is 15.1. The molecular weight excluding hydrogens is 396 g/mol. The van der Waals surface area contributed by atoms with Gasteiger partial charge in [-0.15, -0.1) is 0 Å². The Labute approximate surface area is 195 Å². The van der Waals surface area contributed by atoms with E-state index in [1.807, 2.05) is 0 Å². The summed E-state index contributed by atoms with van der Waals surface area (Å²) >= 11 is 0. The number of hydrogen-bond acceptors (Lipinski definition) is 3. The van der Waals surface area contributed by atoms with Gasteiger partial charge in [0, 0.05) is 18.9 Å². The first-order valence-electron chi connectivity index (χ1n) is 13.1. The minimum absolute atomic E-state index is 0.0748. The van der Waals surface area contributed by atoms with Crippen molar-refractivity contribution in [2.75, 3.05) is 0 Å². The Bertz CT molecular complexity index is 831. The van der Waals surface area contributed by atoms with E-state index in [0.717, 1.165) is 51.4 Å². The van der Waals surface area contributed by atoms with Crippen molar-refractivity contribution in [3.8, 4) is 0 Å². The molecule has 32 heavy (non-hydrogen) atoms. The van der Waals surface area contributed by atoms with Crippen LogP contribution in [0.3, 0.4) is 0 Å². The van der Waals surface area contributed by atoms with Gasteiger partial charge in [0.15, 0.2) is 5.78 Å². The fourth-order valence-electron chi connectivity index (χ4n) is 8.33. The summed E-state index contributed by atoms with van der Waals surface area (Å²) in [5.41, 5.74) is 4.52. The lowest BCUT2D eigenvalue weighted by Gasteiger charge is -2.56. The van der Waals surface area contributed by atoms with Gasteiger partial charge in [-0.05, 0) is 106 Å². The van der Waals surface area contributed by atoms with Crippen LogP contribution in [0.1, 0.15) is 106 Å². The maximum atomic E-state index is 13.5. The third-order valence-corrected chi connectivity index (χ3v) is 10.0. The molecule has 0 aliphatic heterocycles. The quantitative estimate of drug-likeness (QED) is 0.335. The second-order valence-electron chi connectivity index (χ2n) is 12.2. The summed E-state index contributed by atoms with van der Waals surface area (Å²) in [6.07, 6.45) is 13.2. The van der Waals surface area contributed by atoms with Gasteiger partial charge in [0.05, 0.1) is 0 Å². The Hall–Kier alpha value is -1.38. The highest BCUT2D eigenvalue weighted by Crippen LogP contribution is 2.65. The Morgan fingerprint density at radius 1 is 1.16 bits per heavy atom. The molecule has 0 N–H and O–H groups in total. The van der Waals surface area contributed by atoms with Crippen molar-refractivity contribution in [2.45, 2.75) is 112 Å². The summed E-state index contributed by atoms with van der Waals surface area (Å²) < 4.78 is 5.60. The average molecular weight is 441 g/mol. The molecule has 0 spiro atoms. The maximum Gasteiger partial charge on any atom is 0.302 e. The third-order valence-electron chi connectivity index (χ3n) is 10.0. The van der Waals surface area contributed by atoms with Crippen molar-refractivity contribution in [1.82, 2.24) is 0 Å². The molecule has 0 saturated heterocycles. The van der Waals surface area contributed by atoms with Crippen LogP contribution in [-0.2, 0) is 14.3 Å². The van der Waals surface area contributed by atoms with Crippen molar-refractivity contribution >= 4 is 11.8 Å². The molecule has 4 aliphatic carbocycles. The zero-order valence-corrected chi connectivity index (χ0v) is 21.3. The second kappa shape index (κ2) is 8.76. The third kappa shape index (κ3) is 4.03. The lowest BCUT2D eigenvalue weighted by atomic mass is 9.48. The van der Waals surface area contributed by atoms with Gasteiger partial charge in [-0.3, -0.25) is 9.59 Å². The van der Waals surface area contributed by atoms with Crippen molar-refractivity contribution < 1.29 is 14.3 Å². The molecule has 4 rings (SSSR count). The number of fused-ring (bicyclic) bond motifs is 4. The van der Waals surface area contributed by atoms with Crippen molar-refractivity contribution in [3.05, 3.63) is 22.8 Å². The molecule has 3 saturated carbocycles. The Morgan fingerprint density at radius 3 is 2.59 bits per heavy atom. The largest absolute Gasteiger partial charge is 0.463 e. The molecule has 0 bridgehead atoms. The molecule has 0 amide bonds. The molecule has 0 aromatic carbocycles. The van der Waals surface area contributed by atoms with E-state index in [2.05, 4.69) is 40.7 Å². The van der Waals surface area contributed by atoms with Crippen LogP contribution in [-0.4, -0.2) is 17.9 Å². The van der Waals surface area contributed by atoms with E-state index in [1.54, 1.807) is 0 Å². The molecule has 3 fully saturated rings. The lowest BCUT2D eigenvalue weighted by Crippen LogP contribution is -2.49. The van der Waals surface area contributed by atoms with E-state index < -0.39 is 0 Å². The first-order valence-corrected chi connectivity index (χ1v) is 13.1. The van der Waals surface area contributed by atoms with Gasteiger partial charge in [0.1, 0.15) is 6.10 Å². The topological polar surface area (TPSA) is 43.4 Å². The van der Waals surface area contributed by atoms with Gasteiger partial charge < -0.3 is 4.74 Å². The van der Waals surface area contributed by atoms with Crippen LogP contribution in [0.2, 0.25) is 0 Å². The highest BCUT2D eigenvalue weighted by atomic mass is 16.5. The number of ketones is 1. The van der Waals surface area contributed by atoms with Crippen LogP contribution >= 0.6 is 0 Å². The van der Waals surface area contributed by atoms with Gasteiger partial charge in [0.2, 0.25) is 0 Å². The molecule has 3 nitrogen and oxygen atoms in total. The highest BCUT2D eigenvalue weighted by molar-refractivity contribution is 6.00. The van der Waals surface area contributed by atoms with Crippen LogP contribution in [0.4, 0.5) is 0 Å². The molecule has 0 aromatic heterocycles. The molecule has 0 unspecified atom stereocenters. The number of allylic oxidation sites excluding steroid dienone is 4. The Balaban J connectivity index is 1.57. The molecule has 178 valence electrons. The Kier molecular flexibility index (Phi) is 6.51. The lowest BCUT2D eigenvalue weighted by molar-refractivity contribution is -0.152. The monoisotopic (exact) mass is 440 g/mol. The Morgan fingerprint density at radius 2 is 1.91 bits per heavy atom. The van der Waals surface area contributed by atoms with Crippen molar-refractivity contribution in [1.29, 1.82) is 0 Å². The van der Waals surface area contributed by atoms with Crippen molar-refractivity contribution in [3.63, 3.8) is 0 Å². The standard InChI is InChI=1S/C29H44O3/c1-18(2)8-7-9-19(3)25-17-26(31)27-23-11-10-21-16-22(32-20(4)30)12-14-28(21,5)24(23)13-15-29(25,27)6/h8,19,21-22,24-25H,7,9-17H2,1-6H3/t19-,21+,22+,24+,25-,28+,29-/m1/s1. The summed E-state index contributed by atoms with van der Waals surface area (Å²) in [7, 11) is 0. The smallest absolute Gasteiger partial charge is 0.302 e. The average Bonchev–Trinajstić information content (AvgIpc) is 2.98. The predicted molar refractivity (Wildman–Crippen MR) is 129 cm³/mol. The van der Waals surface area contributed by atoms with Crippen LogP contribution in [0.25, 0.3) is 0 Å². The van der Waals surface area contributed by atoms with Gasteiger partial charge >= 0.3 is 5.97 Å². The van der Waals surface area contributed by atoms with E-state index in [1.165, 1.54) is 36.5 Å². The van der Waals surface area contributed by atoms with E-state index in [-0.39, 0.29) is 22.9 Å². The minimum Gasteiger partial charge on any atom is -0.463 e. The SMILES string of the molecule is CC(=O)O[C@H]1CC[C@@]2(C)[C@@H](CCC3=C4C(=O)C[C@H]([C@H](C)CCC=C(C)C)[C@@]4(C)CC[C@@H]32)C1. The highest BCUT2D eigenvalue weighted by Gasteiger charge is 2.58. The van der Waals surface area contributed by atoms with Crippen LogP contribution in [0.15, 0.2) is 22.8 Å². The van der Waals surface area contributed by atoms with Crippen molar-refractivity contribution in [2.24, 2.45) is 34.5 Å². The summed E-state index contributed by atoms with van der Waals surface area (Å²) in [6, 6.07) is 0. The molecule has 0 radical (unpaired) electrons. The number of Topliss-reactive ketones (excluding diaryl/α,β-unsaturated/α-hetero) is 1. The number of carbonyl (C=O) groups is 2. The molecule has 3 heteroatoms. The number of hydrogen-bond donors (Lipinski definition) is 0. The summed E-state index contributed by atoms with van der Waals surface area (Å²) in [6.45, 7) is 13.2. The maximum absolute atomic E-state index is 13.5. The van der Waals surface area contributed by atoms with Gasteiger partial charge in [-0.25, -0.2) is 0 Å². The molecule has 4 aliphatic rings.